The molecule has 1 heterocycles. The molecular weight excluding hydrogens is 274 g/mol. The van der Waals surface area contributed by atoms with Crippen LogP contribution in [0.3, 0.4) is 0 Å². The van der Waals surface area contributed by atoms with Gasteiger partial charge in [-0.05, 0) is 18.6 Å². The summed E-state index contributed by atoms with van der Waals surface area (Å²) in [4.78, 5) is 26.7. The number of nitrogens with zero attached hydrogens (tertiary/aromatic N) is 1. The Kier molecular flexibility index (Phi) is 7.13. The third kappa shape index (κ3) is 6.19. The van der Waals surface area contributed by atoms with E-state index in [9.17, 15) is 9.59 Å². The summed E-state index contributed by atoms with van der Waals surface area (Å²) < 4.78 is 4.95. The third-order valence-electron chi connectivity index (χ3n) is 2.57. The smallest absolute Gasteiger partial charge is 0.251 e. The molecule has 116 valence electrons. The summed E-state index contributed by atoms with van der Waals surface area (Å²) >= 11 is 0. The highest BCUT2D eigenvalue weighted by Crippen LogP contribution is 2.11. The van der Waals surface area contributed by atoms with Gasteiger partial charge in [0.2, 0.25) is 5.91 Å². The van der Waals surface area contributed by atoms with Crippen molar-refractivity contribution < 1.29 is 14.3 Å². The zero-order chi connectivity index (χ0) is 15.7. The van der Waals surface area contributed by atoms with E-state index in [-0.39, 0.29) is 25.7 Å². The minimum Gasteiger partial charge on any atom is -0.370 e. The average Bonchev–Trinajstić information content (AvgIpc) is 2.46. The van der Waals surface area contributed by atoms with Crippen molar-refractivity contribution in [2.24, 2.45) is 11.6 Å². The summed E-state index contributed by atoms with van der Waals surface area (Å²) in [6.45, 7) is 2.36. The molecule has 1 rings (SSSR count). The van der Waals surface area contributed by atoms with Crippen LogP contribution in [0.1, 0.15) is 29.4 Å². The number of carbonyl (C=O) groups excluding carboxylic acids is 2. The van der Waals surface area contributed by atoms with Gasteiger partial charge in [-0.1, -0.05) is 13.3 Å². The summed E-state index contributed by atoms with van der Waals surface area (Å²) in [5.41, 5.74) is 8.63. The van der Waals surface area contributed by atoms with Crippen molar-refractivity contribution in [2.75, 3.05) is 25.2 Å². The molecule has 0 aromatic carbocycles. The molecular formula is C13H21N5O3. The van der Waals surface area contributed by atoms with Crippen molar-refractivity contribution in [1.29, 1.82) is 0 Å². The lowest BCUT2D eigenvalue weighted by Crippen LogP contribution is -2.29. The number of carbonyl (C=O) groups is 2. The number of primary amides is 1. The number of aryl methyl sites for hydroxylation is 1. The first kappa shape index (κ1) is 16.9. The van der Waals surface area contributed by atoms with Crippen LogP contribution in [0, 0.1) is 0 Å². The molecule has 21 heavy (non-hydrogen) atoms. The van der Waals surface area contributed by atoms with Crippen molar-refractivity contribution in [1.82, 2.24) is 10.3 Å². The van der Waals surface area contributed by atoms with Crippen molar-refractivity contribution in [3.8, 4) is 0 Å². The van der Waals surface area contributed by atoms with E-state index in [1.807, 2.05) is 6.92 Å². The molecule has 0 aliphatic carbocycles. The SMILES string of the molecule is CCCc1cc(C(=O)NCCOCC(N)=O)cc(NN)n1. The fourth-order valence-corrected chi connectivity index (χ4v) is 1.69. The molecule has 1 aromatic heterocycles. The Hall–Kier alpha value is -2.19. The third-order valence-corrected chi connectivity index (χ3v) is 2.57. The Morgan fingerprint density at radius 3 is 2.76 bits per heavy atom. The van der Waals surface area contributed by atoms with Crippen LogP contribution in [0.2, 0.25) is 0 Å². The second-order valence-electron chi connectivity index (χ2n) is 4.40. The number of hydrogen-bond donors (Lipinski definition) is 4. The van der Waals surface area contributed by atoms with Gasteiger partial charge < -0.3 is 21.2 Å². The lowest BCUT2D eigenvalue weighted by molar-refractivity contribution is -0.122. The van der Waals surface area contributed by atoms with Gasteiger partial charge in [0, 0.05) is 17.8 Å². The van der Waals surface area contributed by atoms with Crippen molar-refractivity contribution >= 4 is 17.6 Å². The fraction of sp³-hybridized carbons (Fsp3) is 0.462. The van der Waals surface area contributed by atoms with Crippen molar-refractivity contribution in [3.63, 3.8) is 0 Å². The van der Waals surface area contributed by atoms with E-state index in [4.69, 9.17) is 16.3 Å². The summed E-state index contributed by atoms with van der Waals surface area (Å²) in [5, 5.41) is 2.68. The van der Waals surface area contributed by atoms with Crippen LogP contribution in [0.25, 0.3) is 0 Å². The largest absolute Gasteiger partial charge is 0.370 e. The molecule has 0 spiro atoms. The Morgan fingerprint density at radius 1 is 1.38 bits per heavy atom. The van der Waals surface area contributed by atoms with Crippen LogP contribution in [0.5, 0.6) is 0 Å². The van der Waals surface area contributed by atoms with Gasteiger partial charge in [0.1, 0.15) is 12.4 Å². The molecule has 0 radical (unpaired) electrons. The standard InChI is InChI=1S/C13H21N5O3/c1-2-3-10-6-9(7-12(17-10)18-15)13(20)16-4-5-21-8-11(14)19/h6-7H,2-5,8,15H2,1H3,(H2,14,19)(H,16,20)(H,17,18). The van der Waals surface area contributed by atoms with Crippen LogP contribution < -0.4 is 22.3 Å². The van der Waals surface area contributed by atoms with Crippen LogP contribution in [-0.2, 0) is 16.0 Å². The van der Waals surface area contributed by atoms with E-state index in [1.165, 1.54) is 0 Å². The normalized spacial score (nSPS) is 10.2. The molecule has 2 amide bonds. The molecule has 0 atom stereocenters. The molecule has 0 saturated heterocycles. The fourth-order valence-electron chi connectivity index (χ4n) is 1.69. The van der Waals surface area contributed by atoms with Gasteiger partial charge >= 0.3 is 0 Å². The van der Waals surface area contributed by atoms with Gasteiger partial charge in [-0.25, -0.2) is 10.8 Å². The lowest BCUT2D eigenvalue weighted by atomic mass is 10.1. The lowest BCUT2D eigenvalue weighted by Gasteiger charge is -2.09. The van der Waals surface area contributed by atoms with Gasteiger partial charge in [0.15, 0.2) is 0 Å². The summed E-state index contributed by atoms with van der Waals surface area (Å²) in [6.07, 6.45) is 1.68. The van der Waals surface area contributed by atoms with Crippen LogP contribution in [-0.4, -0.2) is 36.6 Å². The first-order valence-corrected chi connectivity index (χ1v) is 6.68. The van der Waals surface area contributed by atoms with Crippen LogP contribution >= 0.6 is 0 Å². The number of ether oxygens (including phenoxy) is 1. The van der Waals surface area contributed by atoms with Crippen molar-refractivity contribution in [2.45, 2.75) is 19.8 Å². The molecule has 0 saturated carbocycles. The van der Waals surface area contributed by atoms with Gasteiger partial charge in [-0.2, -0.15) is 0 Å². The molecule has 0 bridgehead atoms. The van der Waals surface area contributed by atoms with E-state index in [0.717, 1.165) is 18.5 Å². The summed E-state index contributed by atoms with van der Waals surface area (Å²) in [7, 11) is 0. The maximum Gasteiger partial charge on any atom is 0.251 e. The quantitative estimate of drug-likeness (QED) is 0.277. The number of hydrogen-bond acceptors (Lipinski definition) is 6. The molecule has 0 fully saturated rings. The molecule has 8 nitrogen and oxygen atoms in total. The Bertz CT molecular complexity index is 493. The van der Waals surface area contributed by atoms with Gasteiger partial charge in [-0.3, -0.25) is 9.59 Å². The van der Waals surface area contributed by atoms with E-state index < -0.39 is 5.91 Å². The number of rotatable bonds is 9. The highest BCUT2D eigenvalue weighted by molar-refractivity contribution is 5.95. The van der Waals surface area contributed by atoms with Crippen LogP contribution in [0.4, 0.5) is 5.82 Å². The second kappa shape index (κ2) is 8.88. The predicted molar refractivity (Wildman–Crippen MR) is 78.4 cm³/mol. The molecule has 0 unspecified atom stereocenters. The van der Waals surface area contributed by atoms with Crippen molar-refractivity contribution in [3.05, 3.63) is 23.4 Å². The van der Waals surface area contributed by atoms with E-state index in [0.29, 0.717) is 11.4 Å². The Balaban J connectivity index is 2.56. The van der Waals surface area contributed by atoms with E-state index in [2.05, 4.69) is 15.7 Å². The molecule has 0 aliphatic heterocycles. The Morgan fingerprint density at radius 2 is 2.14 bits per heavy atom. The number of hydrazine groups is 1. The molecule has 1 aromatic rings. The molecule has 6 N–H and O–H groups in total. The van der Waals surface area contributed by atoms with Gasteiger partial charge in [0.25, 0.3) is 5.91 Å². The second-order valence-corrected chi connectivity index (χ2v) is 4.40. The summed E-state index contributed by atoms with van der Waals surface area (Å²) in [5.74, 6) is 4.99. The van der Waals surface area contributed by atoms with E-state index >= 15 is 0 Å². The summed E-state index contributed by atoms with van der Waals surface area (Å²) in [6, 6.07) is 3.29. The number of nitrogen functional groups attached to an aromatic ring is 1. The van der Waals surface area contributed by atoms with E-state index in [1.54, 1.807) is 12.1 Å². The minimum absolute atomic E-state index is 0.160. The number of pyridine rings is 1. The zero-order valence-electron chi connectivity index (χ0n) is 12.0. The number of nitrogens with two attached hydrogens (primary N) is 2. The molecule has 8 heteroatoms. The number of nitrogens with one attached hydrogen (secondary N) is 2. The minimum atomic E-state index is -0.543. The first-order chi connectivity index (χ1) is 10.1. The number of aromatic nitrogens is 1. The van der Waals surface area contributed by atoms with Crippen LogP contribution in [0.15, 0.2) is 12.1 Å². The molecule has 0 aliphatic rings. The highest BCUT2D eigenvalue weighted by Gasteiger charge is 2.09. The highest BCUT2D eigenvalue weighted by atomic mass is 16.5. The number of anilines is 1. The maximum atomic E-state index is 12.0. The Labute approximate surface area is 123 Å². The first-order valence-electron chi connectivity index (χ1n) is 6.68. The average molecular weight is 295 g/mol. The topological polar surface area (TPSA) is 132 Å². The monoisotopic (exact) mass is 295 g/mol. The van der Waals surface area contributed by atoms with Gasteiger partial charge in [0.05, 0.1) is 6.61 Å². The van der Waals surface area contributed by atoms with Gasteiger partial charge in [-0.15, -0.1) is 0 Å². The number of amides is 2. The maximum absolute atomic E-state index is 12.0. The zero-order valence-corrected chi connectivity index (χ0v) is 12.0. The predicted octanol–water partition coefficient (Wildman–Crippen LogP) is -0.449.